The van der Waals surface area contributed by atoms with Crippen LogP contribution in [0, 0.1) is 6.92 Å². The Hall–Kier alpha value is -2.37. The Kier molecular flexibility index (Phi) is 6.35. The molecular formula is C20H22N4O4S3. The van der Waals surface area contributed by atoms with Gasteiger partial charge in [-0.05, 0) is 42.5 Å². The lowest BCUT2D eigenvalue weighted by atomic mass is 10.2. The number of hydrogen-bond acceptors (Lipinski definition) is 8. The fourth-order valence-corrected chi connectivity index (χ4v) is 6.56. The van der Waals surface area contributed by atoms with E-state index < -0.39 is 9.84 Å². The van der Waals surface area contributed by atoms with Crippen molar-refractivity contribution < 1.29 is 17.9 Å². The van der Waals surface area contributed by atoms with Crippen LogP contribution < -0.4 is 10.1 Å². The molecule has 0 saturated carbocycles. The Balaban J connectivity index is 1.60. The molecule has 164 valence electrons. The number of carbonyl (C=O) groups is 1. The molecule has 0 radical (unpaired) electrons. The van der Waals surface area contributed by atoms with E-state index in [4.69, 9.17) is 4.74 Å². The van der Waals surface area contributed by atoms with Crippen LogP contribution in [0.25, 0.3) is 16.4 Å². The van der Waals surface area contributed by atoms with Crippen LogP contribution in [-0.4, -0.2) is 59.5 Å². The van der Waals surface area contributed by atoms with E-state index in [0.717, 1.165) is 16.1 Å². The van der Waals surface area contributed by atoms with Gasteiger partial charge in [0, 0.05) is 6.04 Å². The van der Waals surface area contributed by atoms with Crippen LogP contribution >= 0.6 is 23.1 Å². The number of sulfone groups is 1. The number of nitrogens with one attached hydrogen (secondary N) is 1. The van der Waals surface area contributed by atoms with Gasteiger partial charge in [0.1, 0.15) is 5.75 Å². The average Bonchev–Trinajstić information content (AvgIpc) is 3.46. The first kappa shape index (κ1) is 21.8. The maximum atomic E-state index is 12.4. The molecule has 1 unspecified atom stereocenters. The number of ether oxygens (including phenoxy) is 1. The molecule has 1 aliphatic heterocycles. The minimum atomic E-state index is -3.05. The lowest BCUT2D eigenvalue weighted by Gasteiger charge is -2.14. The predicted octanol–water partition coefficient (Wildman–Crippen LogP) is 2.71. The zero-order valence-corrected chi connectivity index (χ0v) is 19.5. The van der Waals surface area contributed by atoms with Gasteiger partial charge in [-0.3, -0.25) is 9.36 Å². The van der Waals surface area contributed by atoms with Gasteiger partial charge >= 0.3 is 0 Å². The van der Waals surface area contributed by atoms with Crippen molar-refractivity contribution >= 4 is 38.8 Å². The molecule has 0 aliphatic carbocycles. The normalized spacial score (nSPS) is 17.5. The number of hydrogen-bond donors (Lipinski definition) is 1. The van der Waals surface area contributed by atoms with Crippen molar-refractivity contribution in [1.82, 2.24) is 20.1 Å². The first-order valence-corrected chi connectivity index (χ1v) is 13.3. The minimum Gasteiger partial charge on any atom is -0.495 e. The Labute approximate surface area is 188 Å². The van der Waals surface area contributed by atoms with Crippen molar-refractivity contribution in [2.75, 3.05) is 24.4 Å². The third kappa shape index (κ3) is 4.94. The number of benzene rings is 1. The lowest BCUT2D eigenvalue weighted by Crippen LogP contribution is -2.36. The topological polar surface area (TPSA) is 103 Å². The Bertz CT molecular complexity index is 1190. The van der Waals surface area contributed by atoms with Crippen molar-refractivity contribution in [1.29, 1.82) is 0 Å². The van der Waals surface area contributed by atoms with Crippen molar-refractivity contribution in [2.24, 2.45) is 0 Å². The second kappa shape index (κ2) is 9.01. The van der Waals surface area contributed by atoms with E-state index >= 15 is 0 Å². The van der Waals surface area contributed by atoms with Gasteiger partial charge in [-0.2, -0.15) is 0 Å². The zero-order chi connectivity index (χ0) is 22.0. The SMILES string of the molecule is COc1ccc(C)cc1-n1c(SCC(=O)NC2CCS(=O)(=O)C2)nnc1-c1cccs1. The molecule has 3 heterocycles. The number of rotatable bonds is 7. The third-order valence-corrected chi connectivity index (χ3v) is 8.44. The number of nitrogens with zero attached hydrogens (tertiary/aromatic N) is 3. The van der Waals surface area contributed by atoms with Crippen LogP contribution in [0.15, 0.2) is 40.9 Å². The molecule has 3 aromatic rings. The summed E-state index contributed by atoms with van der Waals surface area (Å²) in [4.78, 5) is 13.4. The molecule has 1 amide bonds. The van der Waals surface area contributed by atoms with Gasteiger partial charge in [0.15, 0.2) is 20.8 Å². The number of methoxy groups -OCH3 is 1. The number of aromatic nitrogens is 3. The Morgan fingerprint density at radius 2 is 2.19 bits per heavy atom. The third-order valence-electron chi connectivity index (χ3n) is 4.88. The molecule has 4 rings (SSSR count). The van der Waals surface area contributed by atoms with Crippen LogP contribution in [-0.2, 0) is 14.6 Å². The number of amides is 1. The number of aryl methyl sites for hydroxylation is 1. The van der Waals surface area contributed by atoms with Crippen molar-refractivity contribution in [3.8, 4) is 22.1 Å². The summed E-state index contributed by atoms with van der Waals surface area (Å²) >= 11 is 2.81. The van der Waals surface area contributed by atoms with Crippen LogP contribution in [0.2, 0.25) is 0 Å². The quantitative estimate of drug-likeness (QED) is 0.521. The lowest BCUT2D eigenvalue weighted by molar-refractivity contribution is -0.119. The molecule has 2 aromatic heterocycles. The number of thiophene rings is 1. The fraction of sp³-hybridized carbons (Fsp3) is 0.350. The van der Waals surface area contributed by atoms with Gasteiger partial charge < -0.3 is 10.1 Å². The van der Waals surface area contributed by atoms with Gasteiger partial charge in [0.25, 0.3) is 0 Å². The van der Waals surface area contributed by atoms with Crippen molar-refractivity contribution in [3.05, 3.63) is 41.3 Å². The fourth-order valence-electron chi connectivity index (χ4n) is 3.43. The first-order valence-electron chi connectivity index (χ1n) is 9.63. The van der Waals surface area contributed by atoms with Crippen LogP contribution in [0.1, 0.15) is 12.0 Å². The minimum absolute atomic E-state index is 0.00259. The summed E-state index contributed by atoms with van der Waals surface area (Å²) in [7, 11) is -1.43. The Morgan fingerprint density at radius 3 is 2.87 bits per heavy atom. The molecule has 1 saturated heterocycles. The van der Waals surface area contributed by atoms with Gasteiger partial charge in [-0.1, -0.05) is 23.9 Å². The molecular weight excluding hydrogens is 456 g/mol. The predicted molar refractivity (Wildman–Crippen MR) is 122 cm³/mol. The summed E-state index contributed by atoms with van der Waals surface area (Å²) in [5.41, 5.74) is 1.85. The standard InChI is InChI=1S/C20H22N4O4S3/c1-13-5-6-16(28-2)15(10-13)24-19(17-4-3-8-29-17)22-23-20(24)30-11-18(25)21-14-7-9-31(26,27)12-14/h3-6,8,10,14H,7,9,11-12H2,1-2H3,(H,21,25). The van der Waals surface area contributed by atoms with Crippen molar-refractivity contribution in [3.63, 3.8) is 0 Å². The van der Waals surface area contributed by atoms with E-state index in [1.807, 2.05) is 47.2 Å². The highest BCUT2D eigenvalue weighted by atomic mass is 32.2. The largest absolute Gasteiger partial charge is 0.495 e. The summed E-state index contributed by atoms with van der Waals surface area (Å²) in [6, 6.07) is 9.44. The van der Waals surface area contributed by atoms with Gasteiger partial charge in [0.2, 0.25) is 5.91 Å². The van der Waals surface area contributed by atoms with E-state index in [0.29, 0.717) is 23.2 Å². The second-order valence-electron chi connectivity index (χ2n) is 7.25. The second-order valence-corrected chi connectivity index (χ2v) is 11.4. The van der Waals surface area contributed by atoms with E-state index in [1.165, 1.54) is 11.8 Å². The summed E-state index contributed by atoms with van der Waals surface area (Å²) in [6.45, 7) is 1.99. The van der Waals surface area contributed by atoms with Crippen LogP contribution in [0.3, 0.4) is 0 Å². The number of carbonyl (C=O) groups excluding carboxylic acids is 1. The molecule has 0 bridgehead atoms. The Morgan fingerprint density at radius 1 is 1.35 bits per heavy atom. The molecule has 11 heteroatoms. The molecule has 0 spiro atoms. The summed E-state index contributed by atoms with van der Waals surface area (Å²) in [6.07, 6.45) is 0.456. The van der Waals surface area contributed by atoms with E-state index in [2.05, 4.69) is 15.5 Å². The number of thioether (sulfide) groups is 1. The summed E-state index contributed by atoms with van der Waals surface area (Å²) in [5.74, 6) is 1.34. The molecule has 31 heavy (non-hydrogen) atoms. The highest BCUT2D eigenvalue weighted by Gasteiger charge is 2.29. The van der Waals surface area contributed by atoms with E-state index in [9.17, 15) is 13.2 Å². The van der Waals surface area contributed by atoms with Gasteiger partial charge in [0.05, 0.1) is 34.9 Å². The van der Waals surface area contributed by atoms with E-state index in [-0.39, 0.29) is 29.2 Å². The molecule has 8 nitrogen and oxygen atoms in total. The van der Waals surface area contributed by atoms with Crippen LogP contribution in [0.5, 0.6) is 5.75 Å². The highest BCUT2D eigenvalue weighted by molar-refractivity contribution is 7.99. The molecule has 1 N–H and O–H groups in total. The maximum Gasteiger partial charge on any atom is 0.230 e. The zero-order valence-electron chi connectivity index (χ0n) is 17.1. The van der Waals surface area contributed by atoms with Gasteiger partial charge in [-0.25, -0.2) is 8.42 Å². The van der Waals surface area contributed by atoms with Crippen molar-refractivity contribution in [2.45, 2.75) is 24.5 Å². The smallest absolute Gasteiger partial charge is 0.230 e. The first-order chi connectivity index (χ1) is 14.9. The van der Waals surface area contributed by atoms with E-state index in [1.54, 1.807) is 18.4 Å². The molecule has 1 atom stereocenters. The van der Waals surface area contributed by atoms with Gasteiger partial charge in [-0.15, -0.1) is 21.5 Å². The highest BCUT2D eigenvalue weighted by Crippen LogP contribution is 2.34. The maximum absolute atomic E-state index is 12.4. The molecule has 1 aromatic carbocycles. The summed E-state index contributed by atoms with van der Waals surface area (Å²) in [5, 5.41) is 14.0. The summed E-state index contributed by atoms with van der Waals surface area (Å²) < 4.78 is 30.7. The van der Waals surface area contributed by atoms with Crippen LogP contribution in [0.4, 0.5) is 0 Å². The monoisotopic (exact) mass is 478 g/mol. The molecule has 1 aliphatic rings. The molecule has 1 fully saturated rings. The average molecular weight is 479 g/mol.